The van der Waals surface area contributed by atoms with Crippen molar-refractivity contribution >= 4 is 25.8 Å². The largest absolute Gasteiger partial charge is 0.233 e. The molecule has 1 aromatic carbocycles. The van der Waals surface area contributed by atoms with E-state index < -0.39 is 35.9 Å². The summed E-state index contributed by atoms with van der Waals surface area (Å²) in [5, 5.41) is 0. The van der Waals surface area contributed by atoms with Gasteiger partial charge in [0, 0.05) is 0 Å². The van der Waals surface area contributed by atoms with E-state index in [1.54, 1.807) is 6.07 Å². The lowest BCUT2D eigenvalue weighted by molar-refractivity contribution is 0.532. The molecule has 0 aliphatic rings. The standard InChI is InChI=1S/C10H10F2O4S2/c11-7-17(13,14)10(18(15,16)8-12)6-9-4-2-1-3-5-9/h1-6H,7-8H2. The zero-order chi connectivity index (χ0) is 13.8. The summed E-state index contributed by atoms with van der Waals surface area (Å²) >= 11 is 0. The van der Waals surface area contributed by atoms with Crippen LogP contribution in [0.25, 0.3) is 6.08 Å². The van der Waals surface area contributed by atoms with Crippen LogP contribution in [0.1, 0.15) is 5.56 Å². The SMILES string of the molecule is O=S(=O)(CF)C(=Cc1ccccc1)S(=O)(=O)CF. The lowest BCUT2D eigenvalue weighted by Crippen LogP contribution is -2.16. The Kier molecular flexibility index (Phi) is 4.58. The number of halogens is 2. The molecule has 0 saturated carbocycles. The summed E-state index contributed by atoms with van der Waals surface area (Å²) in [6.45, 7) is 0. The van der Waals surface area contributed by atoms with Gasteiger partial charge in [-0.25, -0.2) is 25.6 Å². The van der Waals surface area contributed by atoms with E-state index in [0.29, 0.717) is 0 Å². The third-order valence-electron chi connectivity index (χ3n) is 1.98. The summed E-state index contributed by atoms with van der Waals surface area (Å²) in [5.74, 6) is 0. The van der Waals surface area contributed by atoms with Crippen molar-refractivity contribution in [1.82, 2.24) is 0 Å². The van der Waals surface area contributed by atoms with E-state index in [1.165, 1.54) is 24.3 Å². The fourth-order valence-electron chi connectivity index (χ4n) is 1.17. The van der Waals surface area contributed by atoms with Crippen molar-refractivity contribution in [2.75, 3.05) is 12.0 Å². The summed E-state index contributed by atoms with van der Waals surface area (Å²) in [5.41, 5.74) is 0.224. The van der Waals surface area contributed by atoms with Crippen molar-refractivity contribution in [1.29, 1.82) is 0 Å². The highest BCUT2D eigenvalue weighted by Crippen LogP contribution is 2.21. The van der Waals surface area contributed by atoms with Crippen LogP contribution < -0.4 is 0 Å². The fourth-order valence-corrected chi connectivity index (χ4v) is 3.83. The number of sulfone groups is 2. The third-order valence-corrected chi connectivity index (χ3v) is 5.54. The van der Waals surface area contributed by atoms with E-state index in [0.717, 1.165) is 6.08 Å². The highest BCUT2D eigenvalue weighted by molar-refractivity contribution is 8.14. The lowest BCUT2D eigenvalue weighted by atomic mass is 10.2. The van der Waals surface area contributed by atoms with E-state index >= 15 is 0 Å². The molecule has 18 heavy (non-hydrogen) atoms. The summed E-state index contributed by atoms with van der Waals surface area (Å²) in [6, 6.07) is 3.74. The topological polar surface area (TPSA) is 68.3 Å². The molecule has 0 N–H and O–H groups in total. The van der Waals surface area contributed by atoms with Crippen LogP contribution in [0.2, 0.25) is 0 Å². The molecule has 0 fully saturated rings. The van der Waals surface area contributed by atoms with Gasteiger partial charge < -0.3 is 0 Å². The summed E-state index contributed by atoms with van der Waals surface area (Å²) in [6.07, 6.45) is 0.740. The molecule has 0 saturated heterocycles. The molecule has 0 spiro atoms. The molecule has 1 rings (SSSR count). The Morgan fingerprint density at radius 1 is 0.944 bits per heavy atom. The highest BCUT2D eigenvalue weighted by Gasteiger charge is 2.30. The van der Waals surface area contributed by atoms with E-state index in [9.17, 15) is 25.6 Å². The van der Waals surface area contributed by atoms with Gasteiger partial charge in [0.2, 0.25) is 19.7 Å². The second-order valence-corrected chi connectivity index (χ2v) is 7.36. The third kappa shape index (κ3) is 3.36. The maximum atomic E-state index is 12.4. The van der Waals surface area contributed by atoms with Crippen LogP contribution >= 0.6 is 0 Å². The van der Waals surface area contributed by atoms with Gasteiger partial charge in [0.05, 0.1) is 0 Å². The normalized spacial score (nSPS) is 12.1. The van der Waals surface area contributed by atoms with E-state index in [-0.39, 0.29) is 5.56 Å². The lowest BCUT2D eigenvalue weighted by Gasteiger charge is -2.05. The molecule has 0 aromatic heterocycles. The van der Waals surface area contributed by atoms with Crippen LogP contribution in [-0.4, -0.2) is 28.8 Å². The van der Waals surface area contributed by atoms with Crippen LogP contribution in [0.5, 0.6) is 0 Å². The predicted molar refractivity (Wildman–Crippen MR) is 64.2 cm³/mol. The molecule has 0 radical (unpaired) electrons. The van der Waals surface area contributed by atoms with Crippen molar-refractivity contribution in [2.24, 2.45) is 0 Å². The Balaban J connectivity index is 3.46. The minimum absolute atomic E-state index is 0.224. The minimum atomic E-state index is -4.66. The van der Waals surface area contributed by atoms with Gasteiger partial charge in [0.25, 0.3) is 0 Å². The Bertz CT molecular complexity index is 598. The Morgan fingerprint density at radius 2 is 1.39 bits per heavy atom. The van der Waals surface area contributed by atoms with E-state index in [1.807, 2.05) is 0 Å². The number of benzene rings is 1. The van der Waals surface area contributed by atoms with Gasteiger partial charge in [-0.1, -0.05) is 30.3 Å². The number of alkyl halides is 2. The summed E-state index contributed by atoms with van der Waals surface area (Å²) < 4.78 is 68.8. The molecule has 0 bridgehead atoms. The first-order valence-corrected chi connectivity index (χ1v) is 7.98. The van der Waals surface area contributed by atoms with Crippen molar-refractivity contribution in [3.63, 3.8) is 0 Å². The quantitative estimate of drug-likeness (QED) is 0.829. The molecule has 100 valence electrons. The van der Waals surface area contributed by atoms with Gasteiger partial charge in [-0.05, 0) is 11.6 Å². The molecule has 8 heteroatoms. The van der Waals surface area contributed by atoms with Crippen LogP contribution in [0, 0.1) is 0 Å². The van der Waals surface area contributed by atoms with Gasteiger partial charge in [0.15, 0.2) is 16.3 Å². The average molecular weight is 296 g/mol. The van der Waals surface area contributed by atoms with Crippen molar-refractivity contribution in [2.45, 2.75) is 0 Å². The van der Waals surface area contributed by atoms with Crippen molar-refractivity contribution in [3.8, 4) is 0 Å². The first kappa shape index (κ1) is 14.8. The molecule has 0 unspecified atom stereocenters. The maximum Gasteiger partial charge on any atom is 0.218 e. The Morgan fingerprint density at radius 3 is 1.78 bits per heavy atom. The highest BCUT2D eigenvalue weighted by atomic mass is 32.3. The van der Waals surface area contributed by atoms with Crippen LogP contribution in [-0.2, 0) is 19.7 Å². The van der Waals surface area contributed by atoms with Gasteiger partial charge in [-0.3, -0.25) is 0 Å². The summed E-state index contributed by atoms with van der Waals surface area (Å²) in [4.78, 5) is 0. The molecule has 0 aliphatic carbocycles. The second-order valence-electron chi connectivity index (χ2n) is 3.32. The minimum Gasteiger partial charge on any atom is -0.233 e. The van der Waals surface area contributed by atoms with Crippen LogP contribution in [0.3, 0.4) is 0 Å². The average Bonchev–Trinajstić information content (AvgIpc) is 2.37. The zero-order valence-corrected chi connectivity index (χ0v) is 10.7. The molecule has 0 aliphatic heterocycles. The molecule has 1 aromatic rings. The second kappa shape index (κ2) is 5.57. The first-order valence-electron chi connectivity index (χ1n) is 4.67. The van der Waals surface area contributed by atoms with Crippen molar-refractivity contribution < 1.29 is 25.6 Å². The number of hydrogen-bond donors (Lipinski definition) is 0. The van der Waals surface area contributed by atoms with E-state index in [4.69, 9.17) is 0 Å². The van der Waals surface area contributed by atoms with Gasteiger partial charge in [-0.2, -0.15) is 0 Å². The smallest absolute Gasteiger partial charge is 0.218 e. The van der Waals surface area contributed by atoms with Gasteiger partial charge in [0.1, 0.15) is 0 Å². The van der Waals surface area contributed by atoms with E-state index in [2.05, 4.69) is 0 Å². The van der Waals surface area contributed by atoms with Gasteiger partial charge in [-0.15, -0.1) is 0 Å². The molecular formula is C10H10F2O4S2. The maximum absolute atomic E-state index is 12.4. The molecule has 0 amide bonds. The zero-order valence-electron chi connectivity index (χ0n) is 9.08. The molecular weight excluding hydrogens is 286 g/mol. The van der Waals surface area contributed by atoms with Crippen LogP contribution in [0.4, 0.5) is 8.78 Å². The predicted octanol–water partition coefficient (Wildman–Crippen LogP) is 1.67. The number of hydrogen-bond acceptors (Lipinski definition) is 4. The monoisotopic (exact) mass is 296 g/mol. The first-order chi connectivity index (χ1) is 8.33. The van der Waals surface area contributed by atoms with Crippen LogP contribution in [0.15, 0.2) is 34.6 Å². The molecule has 0 atom stereocenters. The Labute approximate surface area is 104 Å². The molecule has 4 nitrogen and oxygen atoms in total. The number of rotatable bonds is 5. The summed E-state index contributed by atoms with van der Waals surface area (Å²) in [7, 11) is -9.32. The van der Waals surface area contributed by atoms with Crippen molar-refractivity contribution in [3.05, 3.63) is 40.1 Å². The fraction of sp³-hybridized carbons (Fsp3) is 0.200. The Hall–Kier alpha value is -1.28. The van der Waals surface area contributed by atoms with Gasteiger partial charge >= 0.3 is 0 Å². The molecule has 0 heterocycles.